The number of hydrogen-bond acceptors (Lipinski definition) is 5. The minimum absolute atomic E-state index is 0.234. The van der Waals surface area contributed by atoms with Crippen molar-refractivity contribution in [3.63, 3.8) is 0 Å². The summed E-state index contributed by atoms with van der Waals surface area (Å²) in [6, 6.07) is 6.03. The van der Waals surface area contributed by atoms with E-state index in [0.717, 1.165) is 11.1 Å². The van der Waals surface area contributed by atoms with E-state index in [4.69, 9.17) is 15.2 Å². The van der Waals surface area contributed by atoms with Crippen LogP contribution in [0.4, 0.5) is 0 Å². The zero-order valence-corrected chi connectivity index (χ0v) is 12.3. The van der Waals surface area contributed by atoms with Gasteiger partial charge in [0.2, 0.25) is 5.88 Å². The number of nitrogens with two attached hydrogens (primary N) is 1. The number of aryl methyl sites for hydroxylation is 1. The molecule has 0 aliphatic carbocycles. The molecule has 0 fully saturated rings. The average molecular weight is 324 g/mol. The van der Waals surface area contributed by atoms with E-state index in [1.807, 2.05) is 25.1 Å². The minimum atomic E-state index is 0.234. The van der Waals surface area contributed by atoms with Crippen molar-refractivity contribution in [2.75, 3.05) is 7.11 Å². The monoisotopic (exact) mass is 323 g/mol. The molecule has 0 atom stereocenters. The van der Waals surface area contributed by atoms with Gasteiger partial charge in [0.15, 0.2) is 0 Å². The Morgan fingerprint density at radius 2 is 2.16 bits per heavy atom. The Morgan fingerprint density at radius 3 is 2.84 bits per heavy atom. The third-order valence-corrected chi connectivity index (χ3v) is 3.12. The van der Waals surface area contributed by atoms with E-state index in [2.05, 4.69) is 25.9 Å². The highest BCUT2D eigenvalue weighted by atomic mass is 79.9. The van der Waals surface area contributed by atoms with Crippen LogP contribution in [-0.2, 0) is 6.54 Å². The third-order valence-electron chi connectivity index (χ3n) is 2.57. The van der Waals surface area contributed by atoms with Crippen LogP contribution in [0.25, 0.3) is 0 Å². The maximum Gasteiger partial charge on any atom is 0.325 e. The topological polar surface area (TPSA) is 70.3 Å². The highest BCUT2D eigenvalue weighted by molar-refractivity contribution is 9.10. The van der Waals surface area contributed by atoms with Crippen molar-refractivity contribution in [1.82, 2.24) is 9.97 Å². The van der Waals surface area contributed by atoms with Crippen LogP contribution in [0.15, 0.2) is 28.9 Å². The summed E-state index contributed by atoms with van der Waals surface area (Å²) in [6.07, 6.45) is 1.59. The Bertz CT molecular complexity index is 590. The molecular formula is C13H14BrN3O2. The van der Waals surface area contributed by atoms with Crippen LogP contribution >= 0.6 is 15.9 Å². The second kappa shape index (κ2) is 5.99. The van der Waals surface area contributed by atoms with E-state index in [1.54, 1.807) is 6.20 Å². The molecule has 1 aromatic carbocycles. The van der Waals surface area contributed by atoms with Gasteiger partial charge in [-0.2, -0.15) is 4.98 Å². The van der Waals surface area contributed by atoms with Crippen LogP contribution in [-0.4, -0.2) is 17.1 Å². The molecule has 100 valence electrons. The molecule has 0 saturated carbocycles. The number of aromatic nitrogens is 2. The second-order valence-corrected chi connectivity index (χ2v) is 4.77. The normalized spacial score (nSPS) is 10.3. The van der Waals surface area contributed by atoms with Crippen LogP contribution < -0.4 is 15.2 Å². The van der Waals surface area contributed by atoms with Crippen molar-refractivity contribution in [2.45, 2.75) is 13.5 Å². The Labute approximate surface area is 119 Å². The molecule has 0 unspecified atom stereocenters. The first kappa shape index (κ1) is 13.8. The van der Waals surface area contributed by atoms with Crippen molar-refractivity contribution >= 4 is 15.9 Å². The largest absolute Gasteiger partial charge is 0.480 e. The summed E-state index contributed by atoms with van der Waals surface area (Å²) in [7, 11) is 1.54. The van der Waals surface area contributed by atoms with Crippen LogP contribution in [0.1, 0.15) is 11.1 Å². The number of methoxy groups -OCH3 is 1. The summed E-state index contributed by atoms with van der Waals surface area (Å²) in [5.74, 6) is 1.12. The summed E-state index contributed by atoms with van der Waals surface area (Å²) in [6.45, 7) is 2.41. The smallest absolute Gasteiger partial charge is 0.325 e. The first-order valence-corrected chi connectivity index (χ1v) is 6.47. The number of rotatable bonds is 4. The first-order valence-electron chi connectivity index (χ1n) is 5.68. The Balaban J connectivity index is 2.30. The summed E-state index contributed by atoms with van der Waals surface area (Å²) >= 11 is 3.29. The van der Waals surface area contributed by atoms with Crippen LogP contribution in [0.5, 0.6) is 17.6 Å². The molecule has 0 radical (unpaired) electrons. The minimum Gasteiger partial charge on any atom is -0.480 e. The lowest BCUT2D eigenvalue weighted by molar-refractivity contribution is 0.373. The van der Waals surface area contributed by atoms with E-state index < -0.39 is 0 Å². The van der Waals surface area contributed by atoms with E-state index in [9.17, 15) is 0 Å². The molecule has 0 aliphatic heterocycles. The molecule has 0 saturated heterocycles. The SMILES string of the molecule is COc1nc(Oc2cc(CN)ccc2C)ncc1Br. The van der Waals surface area contributed by atoms with Crippen LogP contribution in [0, 0.1) is 6.92 Å². The van der Waals surface area contributed by atoms with Crippen molar-refractivity contribution in [2.24, 2.45) is 5.73 Å². The molecule has 2 N–H and O–H groups in total. The molecule has 0 aliphatic rings. The fraction of sp³-hybridized carbons (Fsp3) is 0.231. The van der Waals surface area contributed by atoms with E-state index in [1.165, 1.54) is 7.11 Å². The van der Waals surface area contributed by atoms with Gasteiger partial charge in [-0.1, -0.05) is 12.1 Å². The number of hydrogen-bond donors (Lipinski definition) is 1. The fourth-order valence-corrected chi connectivity index (χ4v) is 1.86. The first-order chi connectivity index (χ1) is 9.13. The molecule has 1 heterocycles. The van der Waals surface area contributed by atoms with Crippen molar-refractivity contribution in [3.8, 4) is 17.6 Å². The van der Waals surface area contributed by atoms with Gasteiger partial charge < -0.3 is 15.2 Å². The van der Waals surface area contributed by atoms with Gasteiger partial charge in [0.05, 0.1) is 17.8 Å². The van der Waals surface area contributed by atoms with E-state index in [0.29, 0.717) is 22.6 Å². The van der Waals surface area contributed by atoms with Gasteiger partial charge in [-0.3, -0.25) is 0 Å². The molecular weight excluding hydrogens is 310 g/mol. The van der Waals surface area contributed by atoms with Gasteiger partial charge >= 0.3 is 6.01 Å². The van der Waals surface area contributed by atoms with Gasteiger partial charge in [-0.15, -0.1) is 0 Å². The van der Waals surface area contributed by atoms with Gasteiger partial charge in [0.1, 0.15) is 5.75 Å². The van der Waals surface area contributed by atoms with Gasteiger partial charge in [0.25, 0.3) is 0 Å². The van der Waals surface area contributed by atoms with E-state index >= 15 is 0 Å². The lowest BCUT2D eigenvalue weighted by Crippen LogP contribution is -1.99. The molecule has 1 aromatic heterocycles. The number of benzene rings is 1. The summed E-state index contributed by atoms with van der Waals surface area (Å²) in [5, 5.41) is 0. The maximum absolute atomic E-state index is 5.67. The number of ether oxygens (including phenoxy) is 2. The second-order valence-electron chi connectivity index (χ2n) is 3.92. The maximum atomic E-state index is 5.67. The predicted octanol–water partition coefficient (Wildman–Crippen LogP) is 2.81. The molecule has 0 bridgehead atoms. The van der Waals surface area contributed by atoms with Gasteiger partial charge in [0, 0.05) is 6.54 Å². The van der Waals surface area contributed by atoms with E-state index in [-0.39, 0.29) is 6.01 Å². The zero-order chi connectivity index (χ0) is 13.8. The predicted molar refractivity (Wildman–Crippen MR) is 75.4 cm³/mol. The Morgan fingerprint density at radius 1 is 1.37 bits per heavy atom. The van der Waals surface area contributed by atoms with Crippen LogP contribution in [0.3, 0.4) is 0 Å². The Kier molecular flexibility index (Phi) is 4.34. The molecule has 2 rings (SSSR count). The van der Waals surface area contributed by atoms with Crippen molar-refractivity contribution in [3.05, 3.63) is 40.0 Å². The number of nitrogens with zero attached hydrogens (tertiary/aromatic N) is 2. The standard InChI is InChI=1S/C13H14BrN3O2/c1-8-3-4-9(6-15)5-11(8)19-13-16-7-10(14)12(17-13)18-2/h3-5,7H,6,15H2,1-2H3. The molecule has 6 heteroatoms. The third kappa shape index (κ3) is 3.21. The van der Waals surface area contributed by atoms with Crippen LogP contribution in [0.2, 0.25) is 0 Å². The summed E-state index contributed by atoms with van der Waals surface area (Å²) in [5.41, 5.74) is 7.59. The fourth-order valence-electron chi connectivity index (χ4n) is 1.51. The van der Waals surface area contributed by atoms with Gasteiger partial charge in [-0.05, 0) is 40.0 Å². The molecule has 0 amide bonds. The molecule has 19 heavy (non-hydrogen) atoms. The van der Waals surface area contributed by atoms with Crippen molar-refractivity contribution < 1.29 is 9.47 Å². The molecule has 2 aromatic rings. The zero-order valence-electron chi connectivity index (χ0n) is 10.7. The quantitative estimate of drug-likeness (QED) is 0.936. The lowest BCUT2D eigenvalue weighted by atomic mass is 10.1. The van der Waals surface area contributed by atoms with Gasteiger partial charge in [-0.25, -0.2) is 4.98 Å². The summed E-state index contributed by atoms with van der Waals surface area (Å²) in [4.78, 5) is 8.24. The highest BCUT2D eigenvalue weighted by Crippen LogP contribution is 2.27. The average Bonchev–Trinajstić information content (AvgIpc) is 2.43. The highest BCUT2D eigenvalue weighted by Gasteiger charge is 2.09. The van der Waals surface area contributed by atoms with Crippen molar-refractivity contribution in [1.29, 1.82) is 0 Å². The Hall–Kier alpha value is -1.66. The molecule has 0 spiro atoms. The summed E-state index contributed by atoms with van der Waals surface area (Å²) < 4.78 is 11.4. The number of halogens is 1. The lowest BCUT2D eigenvalue weighted by Gasteiger charge is -2.09. The molecule has 5 nitrogen and oxygen atoms in total.